The number of ketones is 1. The van der Waals surface area contributed by atoms with Gasteiger partial charge in [-0.25, -0.2) is 4.39 Å². The maximum absolute atomic E-state index is 14.8. The van der Waals surface area contributed by atoms with Gasteiger partial charge >= 0.3 is 0 Å². The van der Waals surface area contributed by atoms with E-state index in [1.807, 2.05) is 0 Å². The summed E-state index contributed by atoms with van der Waals surface area (Å²) in [6.07, 6.45) is 0.409. The van der Waals surface area contributed by atoms with Crippen LogP contribution in [0, 0.1) is 11.7 Å². The van der Waals surface area contributed by atoms with E-state index in [4.69, 9.17) is 11.6 Å². The van der Waals surface area contributed by atoms with Crippen LogP contribution in [0.15, 0.2) is 54.2 Å². The molecule has 1 amide bonds. The molecule has 2 N–H and O–H groups in total. The van der Waals surface area contributed by atoms with Crippen molar-refractivity contribution >= 4 is 23.3 Å². The largest absolute Gasteiger partial charge is 0.368 e. The number of allylic oxidation sites excluding steroid dienone is 1. The molecule has 1 aliphatic rings. The van der Waals surface area contributed by atoms with Crippen LogP contribution in [0.1, 0.15) is 53.8 Å². The zero-order valence-electron chi connectivity index (χ0n) is 19.6. The van der Waals surface area contributed by atoms with Gasteiger partial charge in [0, 0.05) is 30.0 Å². The van der Waals surface area contributed by atoms with Crippen molar-refractivity contribution in [3.05, 3.63) is 76.9 Å². The maximum Gasteiger partial charge on any atom is 0.287 e. The van der Waals surface area contributed by atoms with Crippen LogP contribution in [0.4, 0.5) is 13.2 Å². The number of rotatable bonds is 10. The first kappa shape index (κ1) is 27.6. The Hall–Kier alpha value is -2.95. The van der Waals surface area contributed by atoms with Crippen molar-refractivity contribution in [1.82, 2.24) is 14.7 Å². The lowest BCUT2D eigenvalue weighted by atomic mass is 10.1. The summed E-state index contributed by atoms with van der Waals surface area (Å²) in [5.41, 5.74) is -0.714. The average Bonchev–Trinajstić information content (AvgIpc) is 3.46. The number of carbonyl (C=O) groups is 2. The minimum atomic E-state index is -3.48. The Morgan fingerprint density at radius 3 is 2.42 bits per heavy atom. The normalized spacial score (nSPS) is 17.9. The van der Waals surface area contributed by atoms with E-state index in [1.54, 1.807) is 0 Å². The Bertz CT molecular complexity index is 1160. The summed E-state index contributed by atoms with van der Waals surface area (Å²) in [4.78, 5) is 27.3. The SMILES string of the molecule is C=C(Cl)C(=C)C(=O)CN(Cc1ccc(F)cc1)C(=O)c1cnn(C2CCC(C(O)O)C2)c1C(C)(F)F. The second kappa shape index (κ2) is 11.0. The van der Waals surface area contributed by atoms with Gasteiger partial charge in [-0.15, -0.1) is 0 Å². The third-order valence-electron chi connectivity index (χ3n) is 6.23. The first-order valence-corrected chi connectivity index (χ1v) is 11.6. The number of benzene rings is 1. The van der Waals surface area contributed by atoms with Crippen molar-refractivity contribution in [2.45, 2.75) is 51.0 Å². The Kier molecular flexibility index (Phi) is 8.43. The number of hydrogen-bond acceptors (Lipinski definition) is 5. The summed E-state index contributed by atoms with van der Waals surface area (Å²) in [6.45, 7) is 6.90. The first-order chi connectivity index (χ1) is 16.8. The van der Waals surface area contributed by atoms with Gasteiger partial charge in [0.15, 0.2) is 12.1 Å². The number of Topliss-reactive ketones (excluding diaryl/α,β-unsaturated/α-hetero) is 1. The summed E-state index contributed by atoms with van der Waals surface area (Å²) in [6, 6.07) is 4.61. The third-order valence-corrected chi connectivity index (χ3v) is 6.46. The van der Waals surface area contributed by atoms with Gasteiger partial charge in [0.05, 0.1) is 24.3 Å². The Labute approximate surface area is 211 Å². The standard InChI is InChI=1S/C25H27ClF3N3O4/c1-14(15(2)26)21(33)13-31(12-16-4-7-18(27)8-5-16)23(34)20-11-30-32(22(20)25(3,28)29)19-9-6-17(10-19)24(35)36/h4-5,7-8,11,17,19,24,35-36H,1-2,6,9-10,12-13H2,3H3. The van der Waals surface area contributed by atoms with E-state index in [-0.39, 0.29) is 23.6 Å². The van der Waals surface area contributed by atoms with Gasteiger partial charge in [0.25, 0.3) is 11.8 Å². The van der Waals surface area contributed by atoms with Gasteiger partial charge < -0.3 is 15.1 Å². The van der Waals surface area contributed by atoms with Crippen LogP contribution in [0.2, 0.25) is 0 Å². The summed E-state index contributed by atoms with van der Waals surface area (Å²) >= 11 is 5.77. The van der Waals surface area contributed by atoms with Crippen LogP contribution in [0.25, 0.3) is 0 Å². The number of nitrogens with zero attached hydrogens (tertiary/aromatic N) is 3. The van der Waals surface area contributed by atoms with Gasteiger partial charge in [-0.05, 0) is 37.0 Å². The van der Waals surface area contributed by atoms with Crippen LogP contribution in [-0.4, -0.2) is 49.4 Å². The number of aliphatic hydroxyl groups is 2. The number of aromatic nitrogens is 2. The maximum atomic E-state index is 14.8. The summed E-state index contributed by atoms with van der Waals surface area (Å²) in [5, 5.41) is 22.9. The summed E-state index contributed by atoms with van der Waals surface area (Å²) in [5.74, 6) is -6.01. The van der Waals surface area contributed by atoms with Crippen molar-refractivity contribution in [3.63, 3.8) is 0 Å². The highest BCUT2D eigenvalue weighted by atomic mass is 35.5. The predicted octanol–water partition coefficient (Wildman–Crippen LogP) is 4.31. The molecule has 0 bridgehead atoms. The fraction of sp³-hybridized carbons (Fsp3) is 0.400. The summed E-state index contributed by atoms with van der Waals surface area (Å²) in [7, 11) is 0. The zero-order chi connectivity index (χ0) is 26.8. The van der Waals surface area contributed by atoms with E-state index >= 15 is 0 Å². The summed E-state index contributed by atoms with van der Waals surface area (Å²) < 4.78 is 44.1. The number of hydrogen-bond donors (Lipinski definition) is 2. The second-order valence-corrected chi connectivity index (χ2v) is 9.43. The van der Waals surface area contributed by atoms with Gasteiger partial charge in [-0.1, -0.05) is 36.9 Å². The third kappa shape index (κ3) is 6.24. The molecular formula is C25H27ClF3N3O4. The average molecular weight is 526 g/mol. The van der Waals surface area contributed by atoms with Crippen molar-refractivity contribution in [2.75, 3.05) is 6.54 Å². The fourth-order valence-corrected chi connectivity index (χ4v) is 4.42. The molecule has 0 spiro atoms. The molecule has 36 heavy (non-hydrogen) atoms. The molecule has 1 saturated carbocycles. The van der Waals surface area contributed by atoms with Crippen LogP contribution in [0.3, 0.4) is 0 Å². The number of carbonyl (C=O) groups excluding carboxylic acids is 2. The van der Waals surface area contributed by atoms with E-state index in [1.165, 1.54) is 24.3 Å². The number of halogens is 4. The lowest BCUT2D eigenvalue weighted by molar-refractivity contribution is -0.116. The number of aliphatic hydroxyl groups excluding tert-OH is 1. The first-order valence-electron chi connectivity index (χ1n) is 11.2. The van der Waals surface area contributed by atoms with Gasteiger partial charge in [-0.2, -0.15) is 13.9 Å². The molecular weight excluding hydrogens is 499 g/mol. The quantitative estimate of drug-likeness (QED) is 0.274. The van der Waals surface area contributed by atoms with E-state index < -0.39 is 59.5 Å². The Morgan fingerprint density at radius 1 is 1.25 bits per heavy atom. The molecule has 1 heterocycles. The zero-order valence-corrected chi connectivity index (χ0v) is 20.4. The van der Waals surface area contributed by atoms with Crippen LogP contribution < -0.4 is 0 Å². The van der Waals surface area contributed by atoms with E-state index in [0.717, 1.165) is 15.8 Å². The Balaban J connectivity index is 1.99. The highest BCUT2D eigenvalue weighted by Crippen LogP contribution is 2.40. The molecule has 0 saturated heterocycles. The van der Waals surface area contributed by atoms with Crippen LogP contribution in [0.5, 0.6) is 0 Å². The monoisotopic (exact) mass is 525 g/mol. The molecule has 1 aromatic carbocycles. The Morgan fingerprint density at radius 2 is 1.89 bits per heavy atom. The highest BCUT2D eigenvalue weighted by molar-refractivity contribution is 6.35. The molecule has 1 aliphatic carbocycles. The predicted molar refractivity (Wildman–Crippen MR) is 127 cm³/mol. The lowest BCUT2D eigenvalue weighted by Gasteiger charge is -2.25. The molecule has 1 aromatic heterocycles. The van der Waals surface area contributed by atoms with Crippen molar-refractivity contribution in [3.8, 4) is 0 Å². The van der Waals surface area contributed by atoms with E-state index in [9.17, 15) is 33.0 Å². The molecule has 194 valence electrons. The van der Waals surface area contributed by atoms with Crippen LogP contribution >= 0.6 is 11.6 Å². The van der Waals surface area contributed by atoms with Crippen molar-refractivity contribution < 1.29 is 33.0 Å². The van der Waals surface area contributed by atoms with Crippen molar-refractivity contribution in [2.24, 2.45) is 5.92 Å². The number of alkyl halides is 2. The van der Waals surface area contributed by atoms with Gasteiger partial charge in [0.1, 0.15) is 11.5 Å². The molecule has 0 aliphatic heterocycles. The molecule has 0 radical (unpaired) electrons. The smallest absolute Gasteiger partial charge is 0.287 e. The fourth-order valence-electron chi connectivity index (χ4n) is 4.32. The molecule has 2 aromatic rings. The second-order valence-electron chi connectivity index (χ2n) is 8.97. The molecule has 2 atom stereocenters. The molecule has 2 unspecified atom stereocenters. The highest BCUT2D eigenvalue weighted by Gasteiger charge is 2.40. The van der Waals surface area contributed by atoms with E-state index in [2.05, 4.69) is 18.3 Å². The van der Waals surface area contributed by atoms with Gasteiger partial charge in [0.2, 0.25) is 0 Å². The molecule has 7 nitrogen and oxygen atoms in total. The minimum absolute atomic E-state index is 0.121. The van der Waals surface area contributed by atoms with Gasteiger partial charge in [-0.3, -0.25) is 14.3 Å². The molecule has 11 heteroatoms. The topological polar surface area (TPSA) is 95.7 Å². The number of amides is 1. The van der Waals surface area contributed by atoms with E-state index in [0.29, 0.717) is 25.3 Å². The molecule has 3 rings (SSSR count). The minimum Gasteiger partial charge on any atom is -0.368 e. The van der Waals surface area contributed by atoms with Crippen molar-refractivity contribution in [1.29, 1.82) is 0 Å². The lowest BCUT2D eigenvalue weighted by Crippen LogP contribution is -2.37. The van der Waals surface area contributed by atoms with Crippen LogP contribution in [-0.2, 0) is 17.3 Å². The molecule has 1 fully saturated rings.